The summed E-state index contributed by atoms with van der Waals surface area (Å²) in [5.41, 5.74) is 1.61. The number of benzene rings is 1. The van der Waals surface area contributed by atoms with Gasteiger partial charge in [-0.3, -0.25) is 0 Å². The molecule has 0 spiro atoms. The second kappa shape index (κ2) is 4.97. The molecular formula is C12H18O3S. The zero-order chi connectivity index (χ0) is 12.3. The Morgan fingerprint density at radius 3 is 2.31 bits per heavy atom. The third-order valence-corrected chi connectivity index (χ3v) is 4.50. The van der Waals surface area contributed by atoms with Gasteiger partial charge in [0.1, 0.15) is 0 Å². The van der Waals surface area contributed by atoms with Crippen LogP contribution in [-0.2, 0) is 9.84 Å². The van der Waals surface area contributed by atoms with Gasteiger partial charge in [0.2, 0.25) is 0 Å². The molecule has 0 aliphatic rings. The van der Waals surface area contributed by atoms with Crippen LogP contribution in [0.4, 0.5) is 0 Å². The van der Waals surface area contributed by atoms with E-state index in [0.717, 1.165) is 5.56 Å². The molecule has 1 N–H and O–H groups in total. The van der Waals surface area contributed by atoms with Crippen LogP contribution in [0.1, 0.15) is 30.6 Å². The number of sulfone groups is 1. The molecule has 0 radical (unpaired) electrons. The molecule has 16 heavy (non-hydrogen) atoms. The van der Waals surface area contributed by atoms with E-state index in [-0.39, 0.29) is 0 Å². The van der Waals surface area contributed by atoms with Gasteiger partial charge in [0, 0.05) is 6.26 Å². The van der Waals surface area contributed by atoms with Crippen LogP contribution in [0, 0.1) is 6.92 Å². The number of rotatable bonds is 4. The molecule has 0 bridgehead atoms. The van der Waals surface area contributed by atoms with E-state index >= 15 is 0 Å². The Bertz CT molecular complexity index is 451. The van der Waals surface area contributed by atoms with E-state index in [1.54, 1.807) is 19.1 Å². The van der Waals surface area contributed by atoms with Crippen LogP contribution >= 0.6 is 0 Å². The van der Waals surface area contributed by atoms with E-state index in [0.29, 0.717) is 12.0 Å². The van der Waals surface area contributed by atoms with Crippen LogP contribution in [0.15, 0.2) is 24.3 Å². The van der Waals surface area contributed by atoms with Crippen molar-refractivity contribution in [2.75, 3.05) is 6.26 Å². The first-order valence-corrected chi connectivity index (χ1v) is 7.25. The SMILES string of the molecule is CC[C@H]([C@@H](O)c1ccccc1C)S(C)(=O)=O. The number of hydrogen-bond donors (Lipinski definition) is 1. The summed E-state index contributed by atoms with van der Waals surface area (Å²) in [5, 5.41) is 9.39. The summed E-state index contributed by atoms with van der Waals surface area (Å²) in [6.45, 7) is 3.64. The molecule has 3 nitrogen and oxygen atoms in total. The van der Waals surface area contributed by atoms with E-state index in [9.17, 15) is 13.5 Å². The fourth-order valence-electron chi connectivity index (χ4n) is 1.88. The summed E-state index contributed by atoms with van der Waals surface area (Å²) in [5.74, 6) is 0. The lowest BCUT2D eigenvalue weighted by atomic mass is 10.00. The molecule has 90 valence electrons. The van der Waals surface area contributed by atoms with E-state index in [1.807, 2.05) is 19.1 Å². The maximum absolute atomic E-state index is 11.5. The van der Waals surface area contributed by atoms with E-state index in [4.69, 9.17) is 0 Å². The summed E-state index contributed by atoms with van der Waals surface area (Å²) >= 11 is 0. The topological polar surface area (TPSA) is 54.4 Å². The quantitative estimate of drug-likeness (QED) is 0.876. The van der Waals surface area contributed by atoms with Gasteiger partial charge >= 0.3 is 0 Å². The molecule has 0 saturated carbocycles. The lowest BCUT2D eigenvalue weighted by Crippen LogP contribution is -2.27. The smallest absolute Gasteiger partial charge is 0.153 e. The molecule has 0 saturated heterocycles. The maximum Gasteiger partial charge on any atom is 0.153 e. The van der Waals surface area contributed by atoms with Crippen molar-refractivity contribution in [3.05, 3.63) is 35.4 Å². The largest absolute Gasteiger partial charge is 0.387 e. The lowest BCUT2D eigenvalue weighted by molar-refractivity contribution is 0.168. The van der Waals surface area contributed by atoms with Crippen LogP contribution in [0.3, 0.4) is 0 Å². The Morgan fingerprint density at radius 1 is 1.31 bits per heavy atom. The third kappa shape index (κ3) is 2.83. The molecule has 0 unspecified atom stereocenters. The average Bonchev–Trinajstić information content (AvgIpc) is 2.17. The fraction of sp³-hybridized carbons (Fsp3) is 0.500. The highest BCUT2D eigenvalue weighted by Crippen LogP contribution is 2.26. The Balaban J connectivity index is 3.10. The minimum Gasteiger partial charge on any atom is -0.387 e. The van der Waals surface area contributed by atoms with Gasteiger partial charge in [-0.25, -0.2) is 8.42 Å². The fourth-order valence-corrected chi connectivity index (χ4v) is 3.10. The van der Waals surface area contributed by atoms with Crippen molar-refractivity contribution in [3.8, 4) is 0 Å². The van der Waals surface area contributed by atoms with Gasteiger partial charge in [0.25, 0.3) is 0 Å². The molecule has 1 aromatic carbocycles. The maximum atomic E-state index is 11.5. The van der Waals surface area contributed by atoms with Crippen LogP contribution in [0.2, 0.25) is 0 Å². The second-order valence-corrected chi connectivity index (χ2v) is 6.34. The first-order valence-electron chi connectivity index (χ1n) is 5.30. The molecule has 4 heteroatoms. The van der Waals surface area contributed by atoms with Crippen LogP contribution in [0.5, 0.6) is 0 Å². The summed E-state index contributed by atoms with van der Waals surface area (Å²) in [6, 6.07) is 7.31. The Hall–Kier alpha value is -0.870. The normalized spacial score (nSPS) is 15.8. The Labute approximate surface area is 97.0 Å². The summed E-state index contributed by atoms with van der Waals surface area (Å²) in [7, 11) is -3.23. The van der Waals surface area contributed by atoms with Crippen molar-refractivity contribution in [2.45, 2.75) is 31.6 Å². The molecule has 0 heterocycles. The minimum atomic E-state index is -3.23. The number of hydrogen-bond acceptors (Lipinski definition) is 3. The van der Waals surface area contributed by atoms with Crippen molar-refractivity contribution >= 4 is 9.84 Å². The van der Waals surface area contributed by atoms with Gasteiger partial charge in [-0.15, -0.1) is 0 Å². The highest BCUT2D eigenvalue weighted by atomic mass is 32.2. The average molecular weight is 242 g/mol. The lowest BCUT2D eigenvalue weighted by Gasteiger charge is -2.21. The standard InChI is InChI=1S/C12H18O3S/c1-4-11(16(3,14)15)12(13)10-8-6-5-7-9(10)2/h5-8,11-13H,4H2,1-3H3/t11-,12+/m1/s1. The molecule has 0 aliphatic carbocycles. The molecular weight excluding hydrogens is 224 g/mol. The highest BCUT2D eigenvalue weighted by Gasteiger charge is 2.28. The molecule has 1 aromatic rings. The monoisotopic (exact) mass is 242 g/mol. The molecule has 0 aliphatic heterocycles. The summed E-state index contributed by atoms with van der Waals surface area (Å²) in [6.07, 6.45) is 0.637. The van der Waals surface area contributed by atoms with Crippen LogP contribution in [-0.4, -0.2) is 25.0 Å². The van der Waals surface area contributed by atoms with Crippen LogP contribution < -0.4 is 0 Å². The van der Waals surface area contributed by atoms with E-state index in [1.165, 1.54) is 6.26 Å². The predicted molar refractivity (Wildman–Crippen MR) is 65.1 cm³/mol. The minimum absolute atomic E-state index is 0.411. The van der Waals surface area contributed by atoms with Crippen molar-refractivity contribution in [2.24, 2.45) is 0 Å². The molecule has 0 fully saturated rings. The number of aliphatic hydroxyl groups excluding tert-OH is 1. The number of aliphatic hydroxyl groups is 1. The molecule has 0 amide bonds. The van der Waals surface area contributed by atoms with Gasteiger partial charge in [0.05, 0.1) is 11.4 Å². The molecule has 2 atom stereocenters. The number of aryl methyl sites for hydroxylation is 1. The van der Waals surface area contributed by atoms with Gasteiger partial charge in [-0.2, -0.15) is 0 Å². The molecule has 0 aromatic heterocycles. The van der Waals surface area contributed by atoms with E-state index < -0.39 is 21.2 Å². The summed E-state index contributed by atoms with van der Waals surface area (Å²) < 4.78 is 23.1. The second-order valence-electron chi connectivity index (χ2n) is 4.08. The van der Waals surface area contributed by atoms with Crippen molar-refractivity contribution in [1.29, 1.82) is 0 Å². The highest BCUT2D eigenvalue weighted by molar-refractivity contribution is 7.91. The molecule has 1 rings (SSSR count). The van der Waals surface area contributed by atoms with Crippen molar-refractivity contribution in [3.63, 3.8) is 0 Å². The summed E-state index contributed by atoms with van der Waals surface area (Å²) in [4.78, 5) is 0. The van der Waals surface area contributed by atoms with E-state index in [2.05, 4.69) is 0 Å². The Morgan fingerprint density at radius 2 is 1.88 bits per heavy atom. The Kier molecular flexibility index (Phi) is 4.10. The van der Waals surface area contributed by atoms with Gasteiger partial charge in [0.15, 0.2) is 9.84 Å². The van der Waals surface area contributed by atoms with Gasteiger partial charge < -0.3 is 5.11 Å². The predicted octanol–water partition coefficient (Wildman–Crippen LogP) is 1.85. The first-order chi connectivity index (χ1) is 7.38. The van der Waals surface area contributed by atoms with Crippen molar-refractivity contribution in [1.82, 2.24) is 0 Å². The zero-order valence-electron chi connectivity index (χ0n) is 9.84. The van der Waals surface area contributed by atoms with Gasteiger partial charge in [-0.05, 0) is 24.5 Å². The van der Waals surface area contributed by atoms with Gasteiger partial charge in [-0.1, -0.05) is 31.2 Å². The zero-order valence-corrected chi connectivity index (χ0v) is 10.7. The third-order valence-electron chi connectivity index (χ3n) is 2.81. The van der Waals surface area contributed by atoms with Crippen LogP contribution in [0.25, 0.3) is 0 Å². The first kappa shape index (κ1) is 13.2. The van der Waals surface area contributed by atoms with Crippen molar-refractivity contribution < 1.29 is 13.5 Å².